The second-order valence-corrected chi connectivity index (χ2v) is 6.08. The predicted molar refractivity (Wildman–Crippen MR) is 90.1 cm³/mol. The Morgan fingerprint density at radius 1 is 1.04 bits per heavy atom. The fraction of sp³-hybridized carbons (Fsp3) is 0.263. The van der Waals surface area contributed by atoms with Crippen molar-refractivity contribution in [1.29, 1.82) is 0 Å². The minimum Gasteiger partial charge on any atom is -0.478 e. The number of amides is 2. The smallest absolute Gasteiger partial charge is 0.279 e. The molecule has 5 nitrogen and oxygen atoms in total. The van der Waals surface area contributed by atoms with E-state index in [1.165, 1.54) is 25.1 Å². The second kappa shape index (κ2) is 6.93. The third-order valence-electron chi connectivity index (χ3n) is 4.32. The van der Waals surface area contributed by atoms with E-state index in [1.54, 1.807) is 6.07 Å². The maximum atomic E-state index is 13.6. The van der Waals surface area contributed by atoms with Crippen LogP contribution in [0, 0.1) is 5.82 Å². The summed E-state index contributed by atoms with van der Waals surface area (Å²) in [6.45, 7) is 1.48. The quantitative estimate of drug-likeness (QED) is 0.821. The summed E-state index contributed by atoms with van der Waals surface area (Å²) in [4.78, 5) is 24.5. The van der Waals surface area contributed by atoms with E-state index in [4.69, 9.17) is 4.74 Å². The van der Waals surface area contributed by atoms with Gasteiger partial charge in [-0.15, -0.1) is 0 Å². The Bertz CT molecular complexity index is 775. The molecule has 0 aliphatic heterocycles. The lowest BCUT2D eigenvalue weighted by Crippen LogP contribution is -2.50. The highest BCUT2D eigenvalue weighted by Crippen LogP contribution is 2.48. The minimum absolute atomic E-state index is 0.0144. The first-order valence-corrected chi connectivity index (χ1v) is 8.10. The minimum atomic E-state index is -0.955. The molecule has 1 aliphatic rings. The molecule has 0 spiro atoms. The molecule has 2 aromatic rings. The lowest BCUT2D eigenvalue weighted by Gasteiger charge is -2.18. The standard InChI is InChI=1S/C19H19FN2O3/c1-13(25-16-10-6-5-9-15(16)20)17(23)21-22-18(24)19(11-12-19)14-7-3-2-4-8-14/h2-10,13H,11-12H2,1H3,(H,21,23)(H,22,24). The molecule has 130 valence electrons. The summed E-state index contributed by atoms with van der Waals surface area (Å²) >= 11 is 0. The molecule has 1 fully saturated rings. The molecule has 0 aromatic heterocycles. The van der Waals surface area contributed by atoms with E-state index in [2.05, 4.69) is 10.9 Å². The molecule has 3 rings (SSSR count). The molecule has 0 saturated heterocycles. The normalized spacial score (nSPS) is 15.8. The maximum absolute atomic E-state index is 13.6. The third kappa shape index (κ3) is 3.63. The Labute approximate surface area is 145 Å². The zero-order valence-electron chi connectivity index (χ0n) is 13.8. The van der Waals surface area contributed by atoms with E-state index < -0.39 is 23.2 Å². The van der Waals surface area contributed by atoms with Gasteiger partial charge in [-0.3, -0.25) is 20.4 Å². The molecule has 25 heavy (non-hydrogen) atoms. The Morgan fingerprint density at radius 2 is 1.68 bits per heavy atom. The number of ether oxygens (including phenoxy) is 1. The summed E-state index contributed by atoms with van der Waals surface area (Å²) in [6.07, 6.45) is 0.518. The number of hydrazine groups is 1. The molecule has 6 heteroatoms. The SMILES string of the molecule is CC(Oc1ccccc1F)C(=O)NNC(=O)C1(c2ccccc2)CC1. The molecule has 2 amide bonds. The predicted octanol–water partition coefficient (Wildman–Crippen LogP) is 2.47. The third-order valence-corrected chi connectivity index (χ3v) is 4.32. The van der Waals surface area contributed by atoms with Gasteiger partial charge in [0.15, 0.2) is 17.7 Å². The number of halogens is 1. The number of rotatable bonds is 5. The van der Waals surface area contributed by atoms with Crippen LogP contribution in [0.4, 0.5) is 4.39 Å². The Kier molecular flexibility index (Phi) is 4.70. The number of carbonyl (C=O) groups excluding carboxylic acids is 2. The zero-order chi connectivity index (χ0) is 17.9. The van der Waals surface area contributed by atoms with Crippen molar-refractivity contribution < 1.29 is 18.7 Å². The Morgan fingerprint density at radius 3 is 2.32 bits per heavy atom. The van der Waals surface area contributed by atoms with Gasteiger partial charge in [0.05, 0.1) is 5.41 Å². The maximum Gasteiger partial charge on any atom is 0.279 e. The molecule has 1 atom stereocenters. The molecule has 1 saturated carbocycles. The first-order chi connectivity index (χ1) is 12.0. The van der Waals surface area contributed by atoms with Crippen molar-refractivity contribution in [2.24, 2.45) is 0 Å². The van der Waals surface area contributed by atoms with Crippen LogP contribution in [0.2, 0.25) is 0 Å². The number of para-hydroxylation sites is 1. The highest BCUT2D eigenvalue weighted by atomic mass is 19.1. The lowest BCUT2D eigenvalue weighted by atomic mass is 9.95. The first-order valence-electron chi connectivity index (χ1n) is 8.10. The number of nitrogens with one attached hydrogen (secondary N) is 2. The molecule has 1 unspecified atom stereocenters. The fourth-order valence-electron chi connectivity index (χ4n) is 2.65. The van der Waals surface area contributed by atoms with Crippen LogP contribution in [-0.2, 0) is 15.0 Å². The molecule has 0 heterocycles. The molecule has 0 radical (unpaired) electrons. The lowest BCUT2D eigenvalue weighted by molar-refractivity contribution is -0.133. The second-order valence-electron chi connectivity index (χ2n) is 6.08. The van der Waals surface area contributed by atoms with Crippen molar-refractivity contribution in [3.63, 3.8) is 0 Å². The van der Waals surface area contributed by atoms with E-state index >= 15 is 0 Å². The van der Waals surface area contributed by atoms with Crippen LogP contribution in [0.5, 0.6) is 5.75 Å². The number of benzene rings is 2. The average molecular weight is 342 g/mol. The molecule has 2 N–H and O–H groups in total. The van der Waals surface area contributed by atoms with Gasteiger partial charge in [0.2, 0.25) is 5.91 Å². The number of hydrogen-bond acceptors (Lipinski definition) is 3. The van der Waals surface area contributed by atoms with Gasteiger partial charge in [0.25, 0.3) is 5.91 Å². The van der Waals surface area contributed by atoms with Gasteiger partial charge in [0.1, 0.15) is 0 Å². The summed E-state index contributed by atoms with van der Waals surface area (Å²) in [5, 5.41) is 0. The largest absolute Gasteiger partial charge is 0.478 e. The molecule has 1 aliphatic carbocycles. The van der Waals surface area contributed by atoms with Crippen molar-refractivity contribution in [2.45, 2.75) is 31.3 Å². The molecular weight excluding hydrogens is 323 g/mol. The van der Waals surface area contributed by atoms with E-state index in [9.17, 15) is 14.0 Å². The van der Waals surface area contributed by atoms with Crippen molar-refractivity contribution in [1.82, 2.24) is 10.9 Å². The van der Waals surface area contributed by atoms with E-state index in [0.29, 0.717) is 0 Å². The summed E-state index contributed by atoms with van der Waals surface area (Å²) in [5.74, 6) is -1.38. The van der Waals surface area contributed by atoms with Crippen molar-refractivity contribution in [2.75, 3.05) is 0 Å². The Balaban J connectivity index is 1.55. The van der Waals surface area contributed by atoms with Crippen molar-refractivity contribution >= 4 is 11.8 Å². The van der Waals surface area contributed by atoms with E-state index in [1.807, 2.05) is 30.3 Å². The van der Waals surface area contributed by atoms with E-state index in [-0.39, 0.29) is 11.7 Å². The van der Waals surface area contributed by atoms with Crippen LogP contribution in [0.25, 0.3) is 0 Å². The van der Waals surface area contributed by atoms with Gasteiger partial charge >= 0.3 is 0 Å². The average Bonchev–Trinajstić information content (AvgIpc) is 3.44. The number of hydrogen-bond donors (Lipinski definition) is 2. The van der Waals surface area contributed by atoms with Crippen molar-refractivity contribution in [3.8, 4) is 5.75 Å². The highest BCUT2D eigenvalue weighted by Gasteiger charge is 2.51. The first kappa shape index (κ1) is 17.0. The fourth-order valence-corrected chi connectivity index (χ4v) is 2.65. The van der Waals surface area contributed by atoms with Gasteiger partial charge in [-0.2, -0.15) is 0 Å². The van der Waals surface area contributed by atoms with Crippen LogP contribution < -0.4 is 15.6 Å². The van der Waals surface area contributed by atoms with Crippen LogP contribution in [0.3, 0.4) is 0 Å². The van der Waals surface area contributed by atoms with Crippen molar-refractivity contribution in [3.05, 3.63) is 66.0 Å². The molecule has 0 bridgehead atoms. The summed E-state index contributed by atoms with van der Waals surface area (Å²) in [7, 11) is 0. The topological polar surface area (TPSA) is 67.4 Å². The van der Waals surface area contributed by atoms with Gasteiger partial charge in [-0.05, 0) is 37.5 Å². The summed E-state index contributed by atoms with van der Waals surface area (Å²) in [6, 6.07) is 15.3. The monoisotopic (exact) mass is 342 g/mol. The van der Waals surface area contributed by atoms with E-state index in [0.717, 1.165) is 18.4 Å². The van der Waals surface area contributed by atoms with Crippen LogP contribution >= 0.6 is 0 Å². The van der Waals surface area contributed by atoms with Crippen LogP contribution in [0.1, 0.15) is 25.3 Å². The van der Waals surface area contributed by atoms with Crippen LogP contribution in [-0.4, -0.2) is 17.9 Å². The van der Waals surface area contributed by atoms with Gasteiger partial charge < -0.3 is 4.74 Å². The van der Waals surface area contributed by atoms with Crippen LogP contribution in [0.15, 0.2) is 54.6 Å². The Hall–Kier alpha value is -2.89. The highest BCUT2D eigenvalue weighted by molar-refractivity contribution is 5.93. The number of carbonyl (C=O) groups is 2. The van der Waals surface area contributed by atoms with Gasteiger partial charge in [0, 0.05) is 0 Å². The van der Waals surface area contributed by atoms with Gasteiger partial charge in [-0.1, -0.05) is 42.5 Å². The molecular formula is C19H19FN2O3. The molecule has 2 aromatic carbocycles. The summed E-state index contributed by atoms with van der Waals surface area (Å²) in [5.41, 5.74) is 5.15. The zero-order valence-corrected chi connectivity index (χ0v) is 13.8. The summed E-state index contributed by atoms with van der Waals surface area (Å²) < 4.78 is 18.8. The van der Waals surface area contributed by atoms with Gasteiger partial charge in [-0.25, -0.2) is 4.39 Å².